The molecule has 2 unspecified atom stereocenters. The zero-order valence-electron chi connectivity index (χ0n) is 11.8. The maximum absolute atomic E-state index is 11.4. The Hall–Kier alpha value is -1.54. The van der Waals surface area contributed by atoms with E-state index in [2.05, 4.69) is 25.9 Å². The van der Waals surface area contributed by atoms with Gasteiger partial charge in [-0.3, -0.25) is 4.40 Å². The predicted molar refractivity (Wildman–Crippen MR) is 86.3 cm³/mol. The quantitative estimate of drug-likeness (QED) is 0.783. The van der Waals surface area contributed by atoms with E-state index < -0.39 is 6.09 Å². The molecule has 0 radical (unpaired) electrons. The number of fused-ring (bicyclic) bond motifs is 1. The third kappa shape index (κ3) is 2.40. The topological polar surface area (TPSA) is 96.8 Å². The molecule has 1 aliphatic heterocycles. The van der Waals surface area contributed by atoms with Crippen LogP contribution in [0, 0.1) is 0 Å². The number of carbonyl (C=O) groups is 1. The molecule has 9 heteroatoms. The van der Waals surface area contributed by atoms with Crippen molar-refractivity contribution < 1.29 is 9.90 Å². The third-order valence-electron chi connectivity index (χ3n) is 4.12. The van der Waals surface area contributed by atoms with E-state index in [0.717, 1.165) is 12.8 Å². The Bertz CT molecular complexity index is 750. The number of piperidine rings is 1. The van der Waals surface area contributed by atoms with Crippen molar-refractivity contribution in [3.63, 3.8) is 0 Å². The van der Waals surface area contributed by atoms with Crippen molar-refractivity contribution in [1.29, 1.82) is 0 Å². The van der Waals surface area contributed by atoms with E-state index in [1.165, 1.54) is 11.1 Å². The second-order valence-corrected chi connectivity index (χ2v) is 6.61. The lowest BCUT2D eigenvalue weighted by atomic mass is 9.93. The molecule has 22 heavy (non-hydrogen) atoms. The lowest BCUT2D eigenvalue weighted by Crippen LogP contribution is -2.44. The van der Waals surface area contributed by atoms with Gasteiger partial charge in [0.2, 0.25) is 0 Å². The van der Waals surface area contributed by atoms with Crippen LogP contribution < -0.4 is 5.73 Å². The van der Waals surface area contributed by atoms with Crippen LogP contribution in [0.4, 0.5) is 10.6 Å². The second-order valence-electron chi connectivity index (χ2n) is 5.47. The van der Waals surface area contributed by atoms with Crippen LogP contribution in [0.15, 0.2) is 10.8 Å². The zero-order chi connectivity index (χ0) is 16.0. The standard InChI is InChI=1S/C13H15BrClN5O2/c1-6-2-3-7(5-19(6)13(21)22)12-18-10(14)9-11(16)17-4-8(15)20(9)12/h4,6-7H,2-3,5H2,1H3,(H2,16,17)(H,21,22). The predicted octanol–water partition coefficient (Wildman–Crippen LogP) is 2.97. The summed E-state index contributed by atoms with van der Waals surface area (Å²) in [6.45, 7) is 2.30. The van der Waals surface area contributed by atoms with E-state index >= 15 is 0 Å². The number of aromatic nitrogens is 3. The van der Waals surface area contributed by atoms with Crippen LogP contribution in [-0.4, -0.2) is 43.1 Å². The fourth-order valence-electron chi connectivity index (χ4n) is 2.95. The maximum Gasteiger partial charge on any atom is 0.407 e. The van der Waals surface area contributed by atoms with Crippen molar-refractivity contribution in [1.82, 2.24) is 19.3 Å². The molecule has 2 aromatic heterocycles. The minimum atomic E-state index is -0.913. The minimum absolute atomic E-state index is 0.00521. The van der Waals surface area contributed by atoms with Gasteiger partial charge < -0.3 is 15.7 Å². The van der Waals surface area contributed by atoms with E-state index in [9.17, 15) is 9.90 Å². The number of nitrogen functional groups attached to an aromatic ring is 1. The number of rotatable bonds is 1. The summed E-state index contributed by atoms with van der Waals surface area (Å²) in [4.78, 5) is 21.4. The lowest BCUT2D eigenvalue weighted by Gasteiger charge is -2.35. The van der Waals surface area contributed by atoms with Gasteiger partial charge in [-0.1, -0.05) is 11.6 Å². The average Bonchev–Trinajstić information content (AvgIpc) is 2.82. The van der Waals surface area contributed by atoms with E-state index in [4.69, 9.17) is 17.3 Å². The number of anilines is 1. The Balaban J connectivity index is 2.07. The Morgan fingerprint density at radius 3 is 2.95 bits per heavy atom. The number of amides is 1. The Kier molecular flexibility index (Phi) is 3.90. The maximum atomic E-state index is 11.4. The molecule has 118 valence electrons. The molecule has 2 aromatic rings. The molecule has 3 heterocycles. The smallest absolute Gasteiger partial charge is 0.407 e. The molecular formula is C13H15BrClN5O2. The van der Waals surface area contributed by atoms with Crippen LogP contribution in [0.25, 0.3) is 5.52 Å². The fraction of sp³-hybridized carbons (Fsp3) is 0.462. The third-order valence-corrected chi connectivity index (χ3v) is 4.94. The minimum Gasteiger partial charge on any atom is -0.465 e. The average molecular weight is 389 g/mol. The van der Waals surface area contributed by atoms with Gasteiger partial charge in [-0.2, -0.15) is 0 Å². The number of hydrogen-bond donors (Lipinski definition) is 2. The highest BCUT2D eigenvalue weighted by Gasteiger charge is 2.32. The fourth-order valence-corrected chi connectivity index (χ4v) is 3.73. The van der Waals surface area contributed by atoms with Crippen molar-refractivity contribution in [2.24, 2.45) is 0 Å². The molecule has 0 aliphatic carbocycles. The first-order valence-corrected chi connectivity index (χ1v) is 8.04. The first-order valence-electron chi connectivity index (χ1n) is 6.87. The summed E-state index contributed by atoms with van der Waals surface area (Å²) in [5.41, 5.74) is 6.52. The SMILES string of the molecule is CC1CCC(c2nc(Br)c3c(N)ncc(Cl)n23)CN1C(=O)O. The summed E-state index contributed by atoms with van der Waals surface area (Å²) in [6.07, 6.45) is 2.18. The van der Waals surface area contributed by atoms with Crippen LogP contribution >= 0.6 is 27.5 Å². The zero-order valence-corrected chi connectivity index (χ0v) is 14.2. The van der Waals surface area contributed by atoms with Crippen molar-refractivity contribution in [2.75, 3.05) is 12.3 Å². The monoisotopic (exact) mass is 387 g/mol. The molecular weight excluding hydrogens is 374 g/mol. The van der Waals surface area contributed by atoms with Gasteiger partial charge in [-0.05, 0) is 35.7 Å². The Morgan fingerprint density at radius 2 is 2.27 bits per heavy atom. The van der Waals surface area contributed by atoms with Gasteiger partial charge in [0.1, 0.15) is 21.1 Å². The van der Waals surface area contributed by atoms with Gasteiger partial charge in [-0.15, -0.1) is 0 Å². The molecule has 1 aliphatic rings. The first kappa shape index (κ1) is 15.4. The molecule has 0 saturated carbocycles. The molecule has 0 bridgehead atoms. The van der Waals surface area contributed by atoms with Crippen LogP contribution in [0.5, 0.6) is 0 Å². The van der Waals surface area contributed by atoms with Crippen LogP contribution in [0.1, 0.15) is 31.5 Å². The number of hydrogen-bond acceptors (Lipinski definition) is 4. The van der Waals surface area contributed by atoms with E-state index in [0.29, 0.717) is 33.5 Å². The summed E-state index contributed by atoms with van der Waals surface area (Å²) in [6, 6.07) is 0.00521. The van der Waals surface area contributed by atoms with Gasteiger partial charge in [0, 0.05) is 18.5 Å². The number of imidazole rings is 1. The normalized spacial score (nSPS) is 22.2. The number of halogens is 2. The molecule has 2 atom stereocenters. The van der Waals surface area contributed by atoms with Crippen LogP contribution in [-0.2, 0) is 0 Å². The molecule has 3 N–H and O–H groups in total. The lowest BCUT2D eigenvalue weighted by molar-refractivity contribution is 0.104. The summed E-state index contributed by atoms with van der Waals surface area (Å²) in [5, 5.41) is 9.72. The highest BCUT2D eigenvalue weighted by molar-refractivity contribution is 9.10. The number of nitrogens with two attached hydrogens (primary N) is 1. The first-order chi connectivity index (χ1) is 10.4. The van der Waals surface area contributed by atoms with Gasteiger partial charge in [0.05, 0.1) is 6.20 Å². The van der Waals surface area contributed by atoms with Crippen molar-refractivity contribution in [3.8, 4) is 0 Å². The Labute approximate surface area is 140 Å². The van der Waals surface area contributed by atoms with E-state index in [1.54, 1.807) is 4.40 Å². The number of carboxylic acid groups (broad SMARTS) is 1. The molecule has 0 aromatic carbocycles. The van der Waals surface area contributed by atoms with Crippen LogP contribution in [0.2, 0.25) is 5.15 Å². The van der Waals surface area contributed by atoms with E-state index in [-0.39, 0.29) is 12.0 Å². The summed E-state index contributed by atoms with van der Waals surface area (Å²) >= 11 is 9.63. The molecule has 7 nitrogen and oxygen atoms in total. The summed E-state index contributed by atoms with van der Waals surface area (Å²) in [7, 11) is 0. The molecule has 1 fully saturated rings. The van der Waals surface area contributed by atoms with Crippen molar-refractivity contribution in [3.05, 3.63) is 21.8 Å². The Morgan fingerprint density at radius 1 is 1.55 bits per heavy atom. The van der Waals surface area contributed by atoms with Crippen molar-refractivity contribution >= 4 is 45.0 Å². The van der Waals surface area contributed by atoms with Gasteiger partial charge in [-0.25, -0.2) is 14.8 Å². The van der Waals surface area contributed by atoms with Gasteiger partial charge in [0.25, 0.3) is 0 Å². The van der Waals surface area contributed by atoms with Crippen LogP contribution in [0.3, 0.4) is 0 Å². The molecule has 1 amide bonds. The van der Waals surface area contributed by atoms with Gasteiger partial charge >= 0.3 is 6.09 Å². The number of likely N-dealkylation sites (tertiary alicyclic amines) is 1. The van der Waals surface area contributed by atoms with E-state index in [1.807, 2.05) is 6.92 Å². The highest BCUT2D eigenvalue weighted by Crippen LogP contribution is 2.34. The van der Waals surface area contributed by atoms with Crippen molar-refractivity contribution in [2.45, 2.75) is 31.7 Å². The molecule has 1 saturated heterocycles. The summed E-state index contributed by atoms with van der Waals surface area (Å²) < 4.78 is 2.31. The highest BCUT2D eigenvalue weighted by atomic mass is 79.9. The molecule has 3 rings (SSSR count). The summed E-state index contributed by atoms with van der Waals surface area (Å²) in [5.74, 6) is 0.999. The largest absolute Gasteiger partial charge is 0.465 e. The molecule has 0 spiro atoms. The number of nitrogens with zero attached hydrogens (tertiary/aromatic N) is 4. The van der Waals surface area contributed by atoms with Gasteiger partial charge in [0.15, 0.2) is 5.82 Å². The second kappa shape index (κ2) is 5.58.